The van der Waals surface area contributed by atoms with Crippen LogP contribution in [0.3, 0.4) is 0 Å². The van der Waals surface area contributed by atoms with Gasteiger partial charge in [-0.05, 0) is 20.3 Å². The van der Waals surface area contributed by atoms with E-state index in [9.17, 15) is 0 Å². The first-order chi connectivity index (χ1) is 9.04. The SMILES string of the molecule is CCC(C)(C)Oc1nc(NC)nc(-n2cncn2)n1. The number of aromatic nitrogens is 6. The topological polar surface area (TPSA) is 90.6 Å². The summed E-state index contributed by atoms with van der Waals surface area (Å²) in [4.78, 5) is 16.5. The Labute approximate surface area is 111 Å². The fraction of sp³-hybridized carbons (Fsp3) is 0.545. The van der Waals surface area contributed by atoms with Gasteiger partial charge in [-0.1, -0.05) is 6.92 Å². The van der Waals surface area contributed by atoms with Gasteiger partial charge in [0.15, 0.2) is 0 Å². The van der Waals surface area contributed by atoms with Crippen molar-refractivity contribution in [3.8, 4) is 12.0 Å². The van der Waals surface area contributed by atoms with Crippen molar-refractivity contribution in [3.05, 3.63) is 12.7 Å². The Hall–Kier alpha value is -2.25. The van der Waals surface area contributed by atoms with Crippen molar-refractivity contribution in [2.75, 3.05) is 12.4 Å². The lowest BCUT2D eigenvalue weighted by atomic mass is 10.1. The Bertz CT molecular complexity index is 538. The van der Waals surface area contributed by atoms with E-state index in [1.54, 1.807) is 7.05 Å². The molecule has 2 heterocycles. The van der Waals surface area contributed by atoms with Crippen LogP contribution in [0.5, 0.6) is 6.01 Å². The molecule has 8 nitrogen and oxygen atoms in total. The molecule has 0 saturated heterocycles. The molecule has 2 aromatic heterocycles. The second kappa shape index (κ2) is 5.17. The van der Waals surface area contributed by atoms with Crippen molar-refractivity contribution in [2.24, 2.45) is 0 Å². The Morgan fingerprint density at radius 2 is 2.11 bits per heavy atom. The maximum Gasteiger partial charge on any atom is 0.323 e. The van der Waals surface area contributed by atoms with Gasteiger partial charge in [0.2, 0.25) is 5.95 Å². The van der Waals surface area contributed by atoms with Crippen molar-refractivity contribution in [2.45, 2.75) is 32.8 Å². The van der Waals surface area contributed by atoms with Crippen molar-refractivity contribution < 1.29 is 4.74 Å². The second-order valence-corrected chi connectivity index (χ2v) is 4.55. The summed E-state index contributed by atoms with van der Waals surface area (Å²) in [5, 5.41) is 6.86. The first kappa shape index (κ1) is 13.2. The van der Waals surface area contributed by atoms with Crippen molar-refractivity contribution in [1.82, 2.24) is 29.7 Å². The predicted octanol–water partition coefficient (Wildman–Crippen LogP) is 1.06. The number of hydrogen-bond acceptors (Lipinski definition) is 7. The third-order valence-corrected chi connectivity index (χ3v) is 2.67. The molecule has 2 aromatic rings. The van der Waals surface area contributed by atoms with Gasteiger partial charge in [0, 0.05) is 7.05 Å². The Morgan fingerprint density at radius 1 is 1.32 bits per heavy atom. The largest absolute Gasteiger partial charge is 0.457 e. The molecule has 0 fully saturated rings. The summed E-state index contributed by atoms with van der Waals surface area (Å²) in [5.74, 6) is 0.779. The molecule has 0 aliphatic carbocycles. The minimum atomic E-state index is -0.341. The smallest absolute Gasteiger partial charge is 0.323 e. The van der Waals surface area contributed by atoms with Gasteiger partial charge in [0.1, 0.15) is 18.3 Å². The molecule has 2 rings (SSSR count). The van der Waals surface area contributed by atoms with E-state index in [-0.39, 0.29) is 11.6 Å². The van der Waals surface area contributed by atoms with E-state index in [1.165, 1.54) is 17.3 Å². The molecule has 0 spiro atoms. The van der Waals surface area contributed by atoms with Gasteiger partial charge in [-0.2, -0.15) is 24.7 Å². The Kier molecular flexibility index (Phi) is 3.59. The van der Waals surface area contributed by atoms with E-state index in [1.807, 2.05) is 20.8 Å². The molecule has 102 valence electrons. The highest BCUT2D eigenvalue weighted by molar-refractivity contribution is 5.28. The molecule has 0 unspecified atom stereocenters. The van der Waals surface area contributed by atoms with E-state index in [4.69, 9.17) is 4.74 Å². The van der Waals surface area contributed by atoms with Crippen LogP contribution in [0.4, 0.5) is 5.95 Å². The van der Waals surface area contributed by atoms with Gasteiger partial charge in [-0.15, -0.1) is 0 Å². The van der Waals surface area contributed by atoms with Crippen LogP contribution >= 0.6 is 0 Å². The van der Waals surface area contributed by atoms with Gasteiger partial charge < -0.3 is 10.1 Å². The summed E-state index contributed by atoms with van der Waals surface area (Å²) in [6.45, 7) is 5.99. The minimum Gasteiger partial charge on any atom is -0.457 e. The Morgan fingerprint density at radius 3 is 2.68 bits per heavy atom. The molecule has 0 aliphatic heterocycles. The molecule has 0 amide bonds. The van der Waals surface area contributed by atoms with Crippen LogP contribution in [0.25, 0.3) is 5.95 Å². The zero-order chi connectivity index (χ0) is 13.9. The molecule has 0 atom stereocenters. The molecule has 19 heavy (non-hydrogen) atoms. The molecule has 1 N–H and O–H groups in total. The highest BCUT2D eigenvalue weighted by Gasteiger charge is 2.20. The first-order valence-electron chi connectivity index (χ1n) is 6.02. The maximum atomic E-state index is 5.77. The van der Waals surface area contributed by atoms with E-state index in [2.05, 4.69) is 30.4 Å². The zero-order valence-corrected chi connectivity index (χ0v) is 11.5. The lowest BCUT2D eigenvalue weighted by molar-refractivity contribution is 0.0922. The summed E-state index contributed by atoms with van der Waals surface area (Å²) in [5.41, 5.74) is -0.341. The first-order valence-corrected chi connectivity index (χ1v) is 6.02. The van der Waals surface area contributed by atoms with Crippen LogP contribution in [-0.4, -0.2) is 42.4 Å². The lowest BCUT2D eigenvalue weighted by Crippen LogP contribution is -2.28. The third kappa shape index (κ3) is 3.15. The van der Waals surface area contributed by atoms with Crippen LogP contribution < -0.4 is 10.1 Å². The number of rotatable bonds is 5. The normalized spacial score (nSPS) is 11.4. The molecular formula is C11H17N7O. The number of hydrogen-bond donors (Lipinski definition) is 1. The number of nitrogens with zero attached hydrogens (tertiary/aromatic N) is 6. The molecule has 0 aromatic carbocycles. The fourth-order valence-corrected chi connectivity index (χ4v) is 1.24. The van der Waals surface area contributed by atoms with Crippen LogP contribution in [0.1, 0.15) is 27.2 Å². The summed E-state index contributed by atoms with van der Waals surface area (Å²) in [6, 6.07) is 0.261. The fourth-order valence-electron chi connectivity index (χ4n) is 1.24. The van der Waals surface area contributed by atoms with Crippen LogP contribution in [0, 0.1) is 0 Å². The zero-order valence-electron chi connectivity index (χ0n) is 11.5. The molecule has 0 saturated carbocycles. The third-order valence-electron chi connectivity index (χ3n) is 2.67. The van der Waals surface area contributed by atoms with Crippen molar-refractivity contribution >= 4 is 5.95 Å². The molecule has 0 bridgehead atoms. The van der Waals surface area contributed by atoms with Gasteiger partial charge in [-0.3, -0.25) is 0 Å². The highest BCUT2D eigenvalue weighted by atomic mass is 16.5. The number of nitrogens with one attached hydrogen (secondary N) is 1. The van der Waals surface area contributed by atoms with Gasteiger partial charge in [-0.25, -0.2) is 4.98 Å². The quantitative estimate of drug-likeness (QED) is 0.862. The Balaban J connectivity index is 2.37. The van der Waals surface area contributed by atoms with E-state index in [0.717, 1.165) is 6.42 Å². The average molecular weight is 263 g/mol. The second-order valence-electron chi connectivity index (χ2n) is 4.55. The highest BCUT2D eigenvalue weighted by Crippen LogP contribution is 2.18. The molecule has 8 heteroatoms. The van der Waals surface area contributed by atoms with Crippen LogP contribution in [0.2, 0.25) is 0 Å². The molecule has 0 aliphatic rings. The van der Waals surface area contributed by atoms with Crippen LogP contribution in [-0.2, 0) is 0 Å². The summed E-state index contributed by atoms with van der Waals surface area (Å²) >= 11 is 0. The van der Waals surface area contributed by atoms with Gasteiger partial charge in [0.05, 0.1) is 0 Å². The summed E-state index contributed by atoms with van der Waals surface area (Å²) < 4.78 is 7.22. The standard InChI is InChI=1S/C11H17N7O/c1-5-11(2,3)19-10-16-8(12-4)15-9(17-10)18-7-13-6-14-18/h6-7H,5H2,1-4H3,(H,12,15,16,17). The van der Waals surface area contributed by atoms with Gasteiger partial charge in [0.25, 0.3) is 5.95 Å². The number of anilines is 1. The minimum absolute atomic E-state index is 0.261. The monoisotopic (exact) mass is 263 g/mol. The van der Waals surface area contributed by atoms with Crippen molar-refractivity contribution in [3.63, 3.8) is 0 Å². The van der Waals surface area contributed by atoms with E-state index < -0.39 is 0 Å². The predicted molar refractivity (Wildman–Crippen MR) is 69.3 cm³/mol. The number of ether oxygens (including phenoxy) is 1. The van der Waals surface area contributed by atoms with E-state index in [0.29, 0.717) is 11.9 Å². The average Bonchev–Trinajstić information content (AvgIpc) is 2.91. The van der Waals surface area contributed by atoms with Gasteiger partial charge >= 0.3 is 6.01 Å². The van der Waals surface area contributed by atoms with Crippen LogP contribution in [0.15, 0.2) is 12.7 Å². The maximum absolute atomic E-state index is 5.77. The van der Waals surface area contributed by atoms with E-state index >= 15 is 0 Å². The molecule has 0 radical (unpaired) electrons. The lowest BCUT2D eigenvalue weighted by Gasteiger charge is -2.23. The summed E-state index contributed by atoms with van der Waals surface area (Å²) in [7, 11) is 1.73. The van der Waals surface area contributed by atoms with Crippen molar-refractivity contribution in [1.29, 1.82) is 0 Å². The summed E-state index contributed by atoms with van der Waals surface area (Å²) in [6.07, 6.45) is 3.77. The molecular weight excluding hydrogens is 246 g/mol.